The van der Waals surface area contributed by atoms with E-state index in [1.807, 2.05) is 55.5 Å². The summed E-state index contributed by atoms with van der Waals surface area (Å²) in [4.78, 5) is 26.9. The van der Waals surface area contributed by atoms with E-state index in [0.717, 1.165) is 11.1 Å². The van der Waals surface area contributed by atoms with Crippen molar-refractivity contribution >= 4 is 40.9 Å². The molecule has 1 saturated heterocycles. The van der Waals surface area contributed by atoms with Gasteiger partial charge in [0, 0.05) is 17.8 Å². The number of benzene rings is 2. The van der Waals surface area contributed by atoms with Gasteiger partial charge >= 0.3 is 0 Å². The lowest BCUT2D eigenvalue weighted by Crippen LogP contribution is -2.31. The van der Waals surface area contributed by atoms with E-state index in [9.17, 15) is 14.9 Å². The van der Waals surface area contributed by atoms with Gasteiger partial charge in [0.25, 0.3) is 5.91 Å². The minimum Gasteiger partial charge on any atom is -0.354 e. The van der Waals surface area contributed by atoms with Crippen LogP contribution in [0.3, 0.4) is 0 Å². The summed E-state index contributed by atoms with van der Waals surface area (Å²) in [5, 5.41) is 12.5. The number of rotatable bonds is 4. The first-order valence-corrected chi connectivity index (χ1v) is 9.89. The second-order valence-corrected chi connectivity index (χ2v) is 7.88. The standard InChI is InChI=1S/C21H18ClN3O2S/c1-13-7-9-15(10-8-13)25-20(27)18(11-14-5-3-4-6-17(14)22)28-21(25)16(12-23)19(26)24-2/h3-10,18H,11H2,1-2H3,(H,24,26). The maximum absolute atomic E-state index is 13.2. The topological polar surface area (TPSA) is 73.2 Å². The molecule has 1 heterocycles. The van der Waals surface area contributed by atoms with Gasteiger partial charge in [0.1, 0.15) is 16.7 Å². The minimum atomic E-state index is -0.520. The third-order valence-electron chi connectivity index (χ3n) is 4.39. The monoisotopic (exact) mass is 411 g/mol. The molecule has 0 aromatic heterocycles. The number of hydrogen-bond donors (Lipinski definition) is 1. The van der Waals surface area contributed by atoms with E-state index in [1.165, 1.54) is 23.7 Å². The summed E-state index contributed by atoms with van der Waals surface area (Å²) in [7, 11) is 1.46. The molecule has 2 aromatic rings. The fourth-order valence-corrected chi connectivity index (χ4v) is 4.41. The molecule has 0 bridgehead atoms. The van der Waals surface area contributed by atoms with Crippen LogP contribution in [0, 0.1) is 18.3 Å². The number of nitrogens with zero attached hydrogens (tertiary/aromatic N) is 2. The number of nitrogens with one attached hydrogen (secondary N) is 1. The summed E-state index contributed by atoms with van der Waals surface area (Å²) < 4.78 is 0. The molecular weight excluding hydrogens is 394 g/mol. The van der Waals surface area contributed by atoms with Crippen molar-refractivity contribution in [2.75, 3.05) is 11.9 Å². The smallest absolute Gasteiger partial charge is 0.264 e. The summed E-state index contributed by atoms with van der Waals surface area (Å²) in [5.74, 6) is -0.700. The van der Waals surface area contributed by atoms with Crippen LogP contribution < -0.4 is 10.2 Å². The van der Waals surface area contributed by atoms with Crippen molar-refractivity contribution in [3.05, 3.63) is 75.3 Å². The van der Waals surface area contributed by atoms with Crippen molar-refractivity contribution in [2.24, 2.45) is 0 Å². The number of carbonyl (C=O) groups excluding carboxylic acids is 2. The fourth-order valence-electron chi connectivity index (χ4n) is 2.90. The number of thioether (sulfide) groups is 1. The summed E-state index contributed by atoms with van der Waals surface area (Å²) in [6.45, 7) is 1.95. The van der Waals surface area contributed by atoms with Gasteiger partial charge in [-0.1, -0.05) is 59.3 Å². The molecule has 1 atom stereocenters. The van der Waals surface area contributed by atoms with E-state index in [-0.39, 0.29) is 11.5 Å². The number of anilines is 1. The molecule has 0 spiro atoms. The predicted molar refractivity (Wildman–Crippen MR) is 112 cm³/mol. The van der Waals surface area contributed by atoms with E-state index >= 15 is 0 Å². The van der Waals surface area contributed by atoms with Crippen LogP contribution in [0.2, 0.25) is 5.02 Å². The highest BCUT2D eigenvalue weighted by Crippen LogP contribution is 2.42. The maximum atomic E-state index is 13.2. The molecule has 1 aliphatic heterocycles. The van der Waals surface area contributed by atoms with Crippen LogP contribution in [0.25, 0.3) is 0 Å². The van der Waals surface area contributed by atoms with E-state index in [1.54, 1.807) is 6.07 Å². The first-order chi connectivity index (χ1) is 13.5. The lowest BCUT2D eigenvalue weighted by Gasteiger charge is -2.18. The Labute approximate surface area is 173 Å². The Hall–Kier alpha value is -2.75. The molecule has 1 aliphatic rings. The minimum absolute atomic E-state index is 0.0805. The highest BCUT2D eigenvalue weighted by Gasteiger charge is 2.40. The molecule has 1 unspecified atom stereocenters. The van der Waals surface area contributed by atoms with Crippen molar-refractivity contribution in [3.63, 3.8) is 0 Å². The van der Waals surface area contributed by atoms with Gasteiger partial charge in [0.15, 0.2) is 0 Å². The van der Waals surface area contributed by atoms with E-state index in [0.29, 0.717) is 22.2 Å². The molecule has 0 saturated carbocycles. The summed E-state index contributed by atoms with van der Waals surface area (Å²) in [6.07, 6.45) is 0.404. The molecule has 1 N–H and O–H groups in total. The van der Waals surface area contributed by atoms with Crippen LogP contribution in [-0.4, -0.2) is 24.1 Å². The van der Waals surface area contributed by atoms with Crippen LogP contribution in [0.1, 0.15) is 11.1 Å². The Morgan fingerprint density at radius 1 is 1.25 bits per heavy atom. The number of carbonyl (C=O) groups is 2. The molecule has 142 valence electrons. The largest absolute Gasteiger partial charge is 0.354 e. The first kappa shape index (κ1) is 20.0. The number of likely N-dealkylation sites (N-methyl/N-ethyl adjacent to an activating group) is 1. The number of nitriles is 1. The summed E-state index contributed by atoms with van der Waals surface area (Å²) >= 11 is 7.48. The second kappa shape index (κ2) is 8.51. The molecule has 1 fully saturated rings. The Morgan fingerprint density at radius 3 is 2.54 bits per heavy atom. The van der Waals surface area contributed by atoms with Gasteiger partial charge in [-0.15, -0.1) is 0 Å². The molecule has 0 aliphatic carbocycles. The Balaban J connectivity index is 2.06. The van der Waals surface area contributed by atoms with Crippen molar-refractivity contribution in [3.8, 4) is 6.07 Å². The third kappa shape index (κ3) is 3.91. The molecule has 3 rings (SSSR count). The molecule has 5 nitrogen and oxygen atoms in total. The van der Waals surface area contributed by atoms with Crippen molar-refractivity contribution in [1.82, 2.24) is 5.32 Å². The van der Waals surface area contributed by atoms with Gasteiger partial charge in [-0.05, 0) is 37.1 Å². The average molecular weight is 412 g/mol. The van der Waals surface area contributed by atoms with Crippen LogP contribution in [-0.2, 0) is 16.0 Å². The van der Waals surface area contributed by atoms with E-state index in [4.69, 9.17) is 11.6 Å². The van der Waals surface area contributed by atoms with E-state index in [2.05, 4.69) is 5.32 Å². The molecule has 0 radical (unpaired) electrons. The Morgan fingerprint density at radius 2 is 1.93 bits per heavy atom. The van der Waals surface area contributed by atoms with Gasteiger partial charge in [-0.3, -0.25) is 14.5 Å². The highest BCUT2D eigenvalue weighted by molar-refractivity contribution is 8.05. The van der Waals surface area contributed by atoms with Crippen LogP contribution >= 0.6 is 23.4 Å². The number of hydrogen-bond acceptors (Lipinski definition) is 4. The van der Waals surface area contributed by atoms with Crippen LogP contribution in [0.4, 0.5) is 5.69 Å². The molecule has 28 heavy (non-hydrogen) atoms. The van der Waals surface area contributed by atoms with Crippen molar-refractivity contribution < 1.29 is 9.59 Å². The van der Waals surface area contributed by atoms with Crippen LogP contribution in [0.15, 0.2) is 59.1 Å². The first-order valence-electron chi connectivity index (χ1n) is 8.63. The molecule has 2 aromatic carbocycles. The van der Waals surface area contributed by atoms with E-state index < -0.39 is 11.2 Å². The Kier molecular flexibility index (Phi) is 6.08. The Bertz CT molecular complexity index is 995. The molecule has 2 amide bonds. The quantitative estimate of drug-likeness (QED) is 0.613. The van der Waals surface area contributed by atoms with Crippen LogP contribution in [0.5, 0.6) is 0 Å². The zero-order chi connectivity index (χ0) is 20.3. The van der Waals surface area contributed by atoms with Gasteiger partial charge < -0.3 is 5.32 Å². The van der Waals surface area contributed by atoms with Gasteiger partial charge in [0.05, 0.1) is 5.25 Å². The zero-order valence-corrected chi connectivity index (χ0v) is 17.0. The molecular formula is C21H18ClN3O2S. The predicted octanol–water partition coefficient (Wildman–Crippen LogP) is 3.82. The van der Waals surface area contributed by atoms with Gasteiger partial charge in [-0.2, -0.15) is 5.26 Å². The number of aryl methyl sites for hydroxylation is 1. The SMILES string of the molecule is CNC(=O)C(C#N)=C1SC(Cc2ccccc2Cl)C(=O)N1c1ccc(C)cc1. The van der Waals surface area contributed by atoms with Crippen molar-refractivity contribution in [2.45, 2.75) is 18.6 Å². The lowest BCUT2D eigenvalue weighted by molar-refractivity contribution is -0.117. The van der Waals surface area contributed by atoms with Gasteiger partial charge in [-0.25, -0.2) is 0 Å². The summed E-state index contributed by atoms with van der Waals surface area (Å²) in [5.41, 5.74) is 2.44. The van der Waals surface area contributed by atoms with Gasteiger partial charge in [0.2, 0.25) is 5.91 Å². The summed E-state index contributed by atoms with van der Waals surface area (Å²) in [6, 6.07) is 16.7. The fraction of sp³-hybridized carbons (Fsp3) is 0.190. The highest BCUT2D eigenvalue weighted by atomic mass is 35.5. The normalized spacial score (nSPS) is 18.0. The average Bonchev–Trinajstić information content (AvgIpc) is 3.01. The lowest BCUT2D eigenvalue weighted by atomic mass is 10.1. The molecule has 7 heteroatoms. The maximum Gasteiger partial charge on any atom is 0.264 e. The zero-order valence-electron chi connectivity index (χ0n) is 15.4. The van der Waals surface area contributed by atoms with Crippen molar-refractivity contribution in [1.29, 1.82) is 5.26 Å². The second-order valence-electron chi connectivity index (χ2n) is 6.28. The number of amides is 2. The number of halogens is 1. The third-order valence-corrected chi connectivity index (χ3v) is 6.02.